The summed E-state index contributed by atoms with van der Waals surface area (Å²) in [5.41, 5.74) is 1.55. The van der Waals surface area contributed by atoms with Crippen molar-refractivity contribution in [2.75, 3.05) is 7.05 Å². The fourth-order valence-corrected chi connectivity index (χ4v) is 1.61. The van der Waals surface area contributed by atoms with Crippen LogP contribution in [-0.2, 0) is 6.54 Å². The lowest BCUT2D eigenvalue weighted by Crippen LogP contribution is -2.11. The first kappa shape index (κ1) is 9.39. The molecule has 0 aliphatic heterocycles. The Labute approximate surface area is 85.3 Å². The number of hydrogen-bond acceptors (Lipinski definition) is 4. The molecule has 0 spiro atoms. The maximum absolute atomic E-state index is 9.11. The second-order valence-corrected chi connectivity index (χ2v) is 3.38. The van der Waals surface area contributed by atoms with Gasteiger partial charge < -0.3 is 10.2 Å². The number of hydroxylamine groups is 2. The first-order chi connectivity index (χ1) is 6.68. The number of rotatable bonds is 2. The lowest BCUT2D eigenvalue weighted by Gasteiger charge is -2.06. The molecule has 2 aromatic heterocycles. The number of fused-ring (bicyclic) bond motifs is 1. The first-order valence-electron chi connectivity index (χ1n) is 4.05. The fourth-order valence-electron chi connectivity index (χ4n) is 1.36. The summed E-state index contributed by atoms with van der Waals surface area (Å²) in [6.07, 6.45) is 3.16. The van der Waals surface area contributed by atoms with Crippen LogP contribution in [0.15, 0.2) is 12.5 Å². The quantitative estimate of drug-likeness (QED) is 0.584. The van der Waals surface area contributed by atoms with E-state index in [1.807, 2.05) is 0 Å². The topological polar surface area (TPSA) is 65.0 Å². The van der Waals surface area contributed by atoms with Gasteiger partial charge in [-0.05, 0) is 5.56 Å². The van der Waals surface area contributed by atoms with E-state index >= 15 is 0 Å². The van der Waals surface area contributed by atoms with E-state index in [0.717, 1.165) is 16.0 Å². The van der Waals surface area contributed by atoms with Crippen LogP contribution < -0.4 is 0 Å². The Kier molecular flexibility index (Phi) is 2.37. The molecular formula is C8H9ClN4O. The third kappa shape index (κ3) is 1.57. The van der Waals surface area contributed by atoms with E-state index in [2.05, 4.69) is 15.0 Å². The monoisotopic (exact) mass is 212 g/mol. The van der Waals surface area contributed by atoms with Crippen molar-refractivity contribution < 1.29 is 5.21 Å². The normalized spacial score (nSPS) is 11.4. The van der Waals surface area contributed by atoms with Gasteiger partial charge in [-0.3, -0.25) is 0 Å². The molecule has 0 aromatic carbocycles. The van der Waals surface area contributed by atoms with Crippen molar-refractivity contribution in [1.29, 1.82) is 0 Å². The SMILES string of the molecule is CN(O)Cc1c[nH]c2ncnc(Cl)c12. The maximum Gasteiger partial charge on any atom is 0.142 e. The lowest BCUT2D eigenvalue weighted by molar-refractivity contribution is -0.0728. The molecule has 6 heteroatoms. The summed E-state index contributed by atoms with van der Waals surface area (Å²) in [5, 5.41) is 11.3. The van der Waals surface area contributed by atoms with Gasteiger partial charge >= 0.3 is 0 Å². The van der Waals surface area contributed by atoms with Crippen LogP contribution in [0.5, 0.6) is 0 Å². The highest BCUT2D eigenvalue weighted by Gasteiger charge is 2.10. The van der Waals surface area contributed by atoms with Crippen molar-refractivity contribution in [3.8, 4) is 0 Å². The smallest absolute Gasteiger partial charge is 0.142 e. The van der Waals surface area contributed by atoms with Crippen LogP contribution in [0, 0.1) is 0 Å². The molecule has 0 amide bonds. The van der Waals surface area contributed by atoms with Gasteiger partial charge in [-0.25, -0.2) is 9.97 Å². The number of halogens is 1. The van der Waals surface area contributed by atoms with Crippen molar-refractivity contribution in [1.82, 2.24) is 20.0 Å². The van der Waals surface area contributed by atoms with Gasteiger partial charge in [0.15, 0.2) is 0 Å². The van der Waals surface area contributed by atoms with Crippen LogP contribution >= 0.6 is 11.6 Å². The predicted octanol–water partition coefficient (Wildman–Crippen LogP) is 1.43. The van der Waals surface area contributed by atoms with Gasteiger partial charge in [-0.1, -0.05) is 11.6 Å². The van der Waals surface area contributed by atoms with E-state index < -0.39 is 0 Å². The largest absolute Gasteiger partial charge is 0.346 e. The van der Waals surface area contributed by atoms with E-state index in [1.165, 1.54) is 6.33 Å². The Morgan fingerprint density at radius 2 is 2.36 bits per heavy atom. The highest BCUT2D eigenvalue weighted by molar-refractivity contribution is 6.34. The molecule has 2 rings (SSSR count). The second-order valence-electron chi connectivity index (χ2n) is 3.02. The van der Waals surface area contributed by atoms with Crippen molar-refractivity contribution in [2.45, 2.75) is 6.54 Å². The highest BCUT2D eigenvalue weighted by atomic mass is 35.5. The van der Waals surface area contributed by atoms with Crippen LogP contribution in [0.2, 0.25) is 5.15 Å². The minimum absolute atomic E-state index is 0.382. The highest BCUT2D eigenvalue weighted by Crippen LogP contribution is 2.23. The third-order valence-corrected chi connectivity index (χ3v) is 2.19. The van der Waals surface area contributed by atoms with Crippen LogP contribution in [0.25, 0.3) is 11.0 Å². The van der Waals surface area contributed by atoms with Gasteiger partial charge in [-0.2, -0.15) is 5.06 Å². The molecule has 74 valence electrons. The summed E-state index contributed by atoms with van der Waals surface area (Å²) in [6, 6.07) is 0. The summed E-state index contributed by atoms with van der Waals surface area (Å²) in [7, 11) is 1.57. The average molecular weight is 213 g/mol. The molecule has 2 aromatic rings. The molecule has 0 atom stereocenters. The standard InChI is InChI=1S/C8H9ClN4O/c1-13(14)3-5-2-10-8-6(5)7(9)11-4-12-8/h2,4,14H,3H2,1H3,(H,10,11,12). The Bertz CT molecular complexity index is 454. The van der Waals surface area contributed by atoms with Gasteiger partial charge in [0.05, 0.1) is 11.9 Å². The number of nitrogens with one attached hydrogen (secondary N) is 1. The van der Waals surface area contributed by atoms with Gasteiger partial charge in [0.2, 0.25) is 0 Å². The summed E-state index contributed by atoms with van der Waals surface area (Å²) in [4.78, 5) is 10.9. The molecule has 2 heterocycles. The minimum atomic E-state index is 0.382. The zero-order valence-corrected chi connectivity index (χ0v) is 8.28. The Morgan fingerprint density at radius 3 is 3.07 bits per heavy atom. The van der Waals surface area contributed by atoms with Crippen molar-refractivity contribution in [3.63, 3.8) is 0 Å². The van der Waals surface area contributed by atoms with Crippen molar-refractivity contribution >= 4 is 22.6 Å². The molecule has 0 fully saturated rings. The third-order valence-electron chi connectivity index (χ3n) is 1.90. The van der Waals surface area contributed by atoms with Gasteiger partial charge in [0.1, 0.15) is 17.1 Å². The molecular weight excluding hydrogens is 204 g/mol. The van der Waals surface area contributed by atoms with Crippen LogP contribution in [0.3, 0.4) is 0 Å². The predicted molar refractivity (Wildman–Crippen MR) is 52.2 cm³/mol. The average Bonchev–Trinajstić information content (AvgIpc) is 2.49. The van der Waals surface area contributed by atoms with E-state index in [9.17, 15) is 0 Å². The number of hydrogen-bond donors (Lipinski definition) is 2. The molecule has 0 saturated carbocycles. The Morgan fingerprint density at radius 1 is 1.57 bits per heavy atom. The van der Waals surface area contributed by atoms with E-state index in [1.54, 1.807) is 13.2 Å². The zero-order valence-electron chi connectivity index (χ0n) is 7.53. The molecule has 14 heavy (non-hydrogen) atoms. The number of H-pyrrole nitrogens is 1. The fraction of sp³-hybridized carbons (Fsp3) is 0.250. The summed E-state index contributed by atoms with van der Waals surface area (Å²) in [5.74, 6) is 0. The van der Waals surface area contributed by atoms with E-state index in [0.29, 0.717) is 17.3 Å². The van der Waals surface area contributed by atoms with Crippen molar-refractivity contribution in [2.24, 2.45) is 0 Å². The lowest BCUT2D eigenvalue weighted by atomic mass is 10.2. The number of aromatic nitrogens is 3. The molecule has 2 N–H and O–H groups in total. The second kappa shape index (κ2) is 3.53. The molecule has 0 aliphatic rings. The molecule has 0 unspecified atom stereocenters. The summed E-state index contributed by atoms with van der Waals surface area (Å²) in [6.45, 7) is 0.382. The zero-order chi connectivity index (χ0) is 10.1. The summed E-state index contributed by atoms with van der Waals surface area (Å²) < 4.78 is 0. The van der Waals surface area contributed by atoms with Gasteiger partial charge in [0.25, 0.3) is 0 Å². The summed E-state index contributed by atoms with van der Waals surface area (Å²) >= 11 is 5.92. The minimum Gasteiger partial charge on any atom is -0.346 e. The van der Waals surface area contributed by atoms with E-state index in [4.69, 9.17) is 16.8 Å². The van der Waals surface area contributed by atoms with E-state index in [-0.39, 0.29) is 0 Å². The van der Waals surface area contributed by atoms with Gasteiger partial charge in [0, 0.05) is 13.2 Å². The van der Waals surface area contributed by atoms with Crippen LogP contribution in [-0.4, -0.2) is 32.3 Å². The Balaban J connectivity index is 2.55. The van der Waals surface area contributed by atoms with Gasteiger partial charge in [-0.15, -0.1) is 0 Å². The molecule has 0 bridgehead atoms. The van der Waals surface area contributed by atoms with Crippen LogP contribution in [0.4, 0.5) is 0 Å². The Hall–Kier alpha value is -1.17. The first-order valence-corrected chi connectivity index (χ1v) is 4.42. The van der Waals surface area contributed by atoms with Crippen molar-refractivity contribution in [3.05, 3.63) is 23.2 Å². The van der Waals surface area contributed by atoms with Crippen LogP contribution in [0.1, 0.15) is 5.56 Å². The number of nitrogens with zero attached hydrogens (tertiary/aromatic N) is 3. The molecule has 0 aliphatic carbocycles. The molecule has 5 nitrogen and oxygen atoms in total. The number of aromatic amines is 1. The molecule has 0 saturated heterocycles. The molecule has 0 radical (unpaired) electrons. The maximum atomic E-state index is 9.11.